The number of carbonyl (C=O) groups is 2. The minimum absolute atomic E-state index is 0.00176. The maximum atomic E-state index is 12.7. The molecule has 0 unspecified atom stereocenters. The van der Waals surface area contributed by atoms with E-state index < -0.39 is 0 Å². The number of ether oxygens (including phenoxy) is 1. The molecule has 1 saturated carbocycles. The molecule has 0 saturated heterocycles. The highest BCUT2D eigenvalue weighted by molar-refractivity contribution is 5.92. The Hall–Kier alpha value is -2.75. The Labute approximate surface area is 169 Å². The maximum absolute atomic E-state index is 12.7. The van der Waals surface area contributed by atoms with Crippen molar-refractivity contribution in [3.63, 3.8) is 0 Å². The fourth-order valence-electron chi connectivity index (χ4n) is 3.62. The molecular weight excluding hydrogens is 374 g/mol. The van der Waals surface area contributed by atoms with E-state index in [-0.39, 0.29) is 29.9 Å². The fraction of sp³-hybridized carbons (Fsp3) is 0.632. The van der Waals surface area contributed by atoms with Gasteiger partial charge < -0.3 is 15.4 Å². The number of carbonyl (C=O) groups excluding carboxylic acids is 2. The van der Waals surface area contributed by atoms with Gasteiger partial charge in [-0.2, -0.15) is 10.2 Å². The zero-order chi connectivity index (χ0) is 20.6. The number of rotatable bonds is 9. The normalized spacial score (nSPS) is 21.7. The zero-order valence-electron chi connectivity index (χ0n) is 16.9. The van der Waals surface area contributed by atoms with Gasteiger partial charge in [-0.25, -0.2) is 4.98 Å². The predicted molar refractivity (Wildman–Crippen MR) is 105 cm³/mol. The molecular formula is C19H29N7O3. The van der Waals surface area contributed by atoms with Crippen molar-refractivity contribution in [2.45, 2.75) is 51.2 Å². The van der Waals surface area contributed by atoms with Crippen LogP contribution < -0.4 is 10.6 Å². The van der Waals surface area contributed by atoms with Gasteiger partial charge in [0.15, 0.2) is 0 Å². The summed E-state index contributed by atoms with van der Waals surface area (Å²) in [5.41, 5.74) is 0.398. The third-order valence-electron chi connectivity index (χ3n) is 5.21. The number of nitrogens with zero attached hydrogens (tertiary/aromatic N) is 4. The molecule has 10 nitrogen and oxygen atoms in total. The first-order chi connectivity index (χ1) is 14.1. The monoisotopic (exact) mass is 403 g/mol. The van der Waals surface area contributed by atoms with Crippen LogP contribution >= 0.6 is 0 Å². The second-order valence-electron chi connectivity index (χ2n) is 7.31. The number of aromatic amines is 1. The predicted octanol–water partition coefficient (Wildman–Crippen LogP) is 0.591. The van der Waals surface area contributed by atoms with E-state index in [1.807, 2.05) is 14.0 Å². The van der Waals surface area contributed by atoms with E-state index in [9.17, 15) is 9.59 Å². The van der Waals surface area contributed by atoms with Crippen molar-refractivity contribution in [1.29, 1.82) is 0 Å². The Morgan fingerprint density at radius 1 is 1.38 bits per heavy atom. The summed E-state index contributed by atoms with van der Waals surface area (Å²) in [6, 6.07) is 1.40. The van der Waals surface area contributed by atoms with E-state index in [1.165, 1.54) is 12.5 Å². The molecule has 0 aromatic carbocycles. The van der Waals surface area contributed by atoms with E-state index in [4.69, 9.17) is 4.74 Å². The summed E-state index contributed by atoms with van der Waals surface area (Å²) in [6.07, 6.45) is 6.49. The minimum Gasteiger partial charge on any atom is -0.376 e. The van der Waals surface area contributed by atoms with E-state index in [0.29, 0.717) is 31.7 Å². The highest BCUT2D eigenvalue weighted by atomic mass is 16.5. The van der Waals surface area contributed by atoms with Crippen molar-refractivity contribution in [1.82, 2.24) is 35.6 Å². The molecule has 0 spiro atoms. The Bertz CT molecular complexity index is 790. The molecule has 10 heteroatoms. The summed E-state index contributed by atoms with van der Waals surface area (Å²) in [5.74, 6) is 0.428. The van der Waals surface area contributed by atoms with Gasteiger partial charge in [-0.05, 0) is 31.7 Å². The summed E-state index contributed by atoms with van der Waals surface area (Å²) in [5, 5.41) is 16.5. The van der Waals surface area contributed by atoms with Crippen molar-refractivity contribution in [3.05, 3.63) is 30.1 Å². The van der Waals surface area contributed by atoms with Crippen molar-refractivity contribution in [2.75, 3.05) is 13.2 Å². The first kappa shape index (κ1) is 21.0. The van der Waals surface area contributed by atoms with Crippen LogP contribution in [0.2, 0.25) is 0 Å². The van der Waals surface area contributed by atoms with Gasteiger partial charge in [0.1, 0.15) is 17.8 Å². The van der Waals surface area contributed by atoms with Crippen LogP contribution in [-0.2, 0) is 23.0 Å². The molecule has 2 aromatic heterocycles. The highest BCUT2D eigenvalue weighted by Crippen LogP contribution is 2.27. The van der Waals surface area contributed by atoms with Crippen LogP contribution in [0.25, 0.3) is 0 Å². The summed E-state index contributed by atoms with van der Waals surface area (Å²) in [6.45, 7) is 3.19. The molecule has 3 N–H and O–H groups in total. The Kier molecular flexibility index (Phi) is 7.34. The number of H-pyrrole nitrogens is 1. The first-order valence-corrected chi connectivity index (χ1v) is 10.1. The average molecular weight is 403 g/mol. The molecule has 1 aliphatic carbocycles. The lowest BCUT2D eigenvalue weighted by molar-refractivity contribution is -0.127. The number of aromatic nitrogens is 5. The van der Waals surface area contributed by atoms with Gasteiger partial charge in [0.05, 0.1) is 12.1 Å². The molecule has 0 aliphatic heterocycles. The minimum atomic E-state index is -0.235. The summed E-state index contributed by atoms with van der Waals surface area (Å²) < 4.78 is 7.64. The smallest absolute Gasteiger partial charge is 0.269 e. The van der Waals surface area contributed by atoms with Crippen molar-refractivity contribution < 1.29 is 14.3 Å². The summed E-state index contributed by atoms with van der Waals surface area (Å²) in [7, 11) is 1.83. The summed E-state index contributed by atoms with van der Waals surface area (Å²) >= 11 is 0. The molecule has 1 aliphatic rings. The van der Waals surface area contributed by atoms with Crippen LogP contribution in [0.15, 0.2) is 18.6 Å². The topological polar surface area (TPSA) is 127 Å². The number of hydrogen-bond donors (Lipinski definition) is 3. The van der Waals surface area contributed by atoms with Gasteiger partial charge in [0.25, 0.3) is 5.91 Å². The largest absolute Gasteiger partial charge is 0.376 e. The van der Waals surface area contributed by atoms with Crippen molar-refractivity contribution in [2.24, 2.45) is 13.0 Å². The fourth-order valence-corrected chi connectivity index (χ4v) is 3.62. The summed E-state index contributed by atoms with van der Waals surface area (Å²) in [4.78, 5) is 29.3. The highest BCUT2D eigenvalue weighted by Gasteiger charge is 2.35. The molecule has 3 rings (SSSR count). The van der Waals surface area contributed by atoms with E-state index in [0.717, 1.165) is 25.1 Å². The van der Waals surface area contributed by atoms with Gasteiger partial charge in [-0.1, -0.05) is 6.92 Å². The van der Waals surface area contributed by atoms with Gasteiger partial charge >= 0.3 is 0 Å². The van der Waals surface area contributed by atoms with Gasteiger partial charge in [-0.15, -0.1) is 0 Å². The Morgan fingerprint density at radius 3 is 2.93 bits per heavy atom. The SMILES string of the molecule is CCCO[C@@H]1CC[C@H](C(=O)NCCc2ncnn2C)C[C@H]1NC(=O)c1ccn[nH]1. The molecule has 158 valence electrons. The van der Waals surface area contributed by atoms with Gasteiger partial charge in [0, 0.05) is 38.7 Å². The lowest BCUT2D eigenvalue weighted by Gasteiger charge is -2.35. The molecule has 0 radical (unpaired) electrons. The maximum Gasteiger partial charge on any atom is 0.269 e. The van der Waals surface area contributed by atoms with Gasteiger partial charge in [0.2, 0.25) is 5.91 Å². The van der Waals surface area contributed by atoms with Crippen molar-refractivity contribution >= 4 is 11.8 Å². The van der Waals surface area contributed by atoms with Crippen LogP contribution in [-0.4, -0.2) is 62.1 Å². The number of amides is 2. The molecule has 2 amide bonds. The van der Waals surface area contributed by atoms with Crippen LogP contribution in [0.5, 0.6) is 0 Å². The number of aryl methyl sites for hydroxylation is 1. The molecule has 1 fully saturated rings. The molecule has 2 aromatic rings. The number of hydrogen-bond acceptors (Lipinski definition) is 6. The standard InChI is InChI=1S/C19H29N7O3/c1-3-10-29-16-5-4-13(11-15(16)24-19(28)14-6-9-22-25-14)18(27)20-8-7-17-21-12-23-26(17)2/h6,9,12-13,15-16H,3-5,7-8,10-11H2,1-2H3,(H,20,27)(H,22,25)(H,24,28)/t13-,15+,16+/m0/s1. The van der Waals surface area contributed by atoms with E-state index in [2.05, 4.69) is 30.9 Å². The first-order valence-electron chi connectivity index (χ1n) is 10.1. The Morgan fingerprint density at radius 2 is 2.24 bits per heavy atom. The second kappa shape index (κ2) is 10.1. The number of nitrogens with one attached hydrogen (secondary N) is 3. The van der Waals surface area contributed by atoms with E-state index in [1.54, 1.807) is 10.7 Å². The Balaban J connectivity index is 1.55. The van der Waals surface area contributed by atoms with Crippen LogP contribution in [0, 0.1) is 5.92 Å². The molecule has 29 heavy (non-hydrogen) atoms. The quantitative estimate of drug-likeness (QED) is 0.562. The molecule has 3 atom stereocenters. The van der Waals surface area contributed by atoms with Crippen LogP contribution in [0.3, 0.4) is 0 Å². The van der Waals surface area contributed by atoms with Gasteiger partial charge in [-0.3, -0.25) is 19.4 Å². The second-order valence-corrected chi connectivity index (χ2v) is 7.31. The zero-order valence-corrected chi connectivity index (χ0v) is 16.9. The lowest BCUT2D eigenvalue weighted by Crippen LogP contribution is -2.50. The van der Waals surface area contributed by atoms with E-state index >= 15 is 0 Å². The lowest BCUT2D eigenvalue weighted by atomic mass is 9.83. The van der Waals surface area contributed by atoms with Crippen LogP contribution in [0.1, 0.15) is 48.9 Å². The third-order valence-corrected chi connectivity index (χ3v) is 5.21. The third kappa shape index (κ3) is 5.63. The molecule has 0 bridgehead atoms. The molecule has 2 heterocycles. The van der Waals surface area contributed by atoms with Crippen LogP contribution in [0.4, 0.5) is 0 Å². The van der Waals surface area contributed by atoms with Crippen molar-refractivity contribution in [3.8, 4) is 0 Å². The average Bonchev–Trinajstić information content (AvgIpc) is 3.39.